The predicted octanol–water partition coefficient (Wildman–Crippen LogP) is 0.870. The zero-order chi connectivity index (χ0) is 16.1. The normalized spacial score (nSPS) is 21.2. The number of benzene rings is 1. The van der Waals surface area contributed by atoms with E-state index in [1.807, 2.05) is 17.0 Å². The highest BCUT2D eigenvalue weighted by atomic mass is 16.2. The highest BCUT2D eigenvalue weighted by Crippen LogP contribution is 2.13. The number of carbonyl (C=O) groups is 1. The molecule has 2 aliphatic heterocycles. The first-order valence-electron chi connectivity index (χ1n) is 8.72. The molecule has 2 aliphatic rings. The van der Waals surface area contributed by atoms with Gasteiger partial charge in [-0.1, -0.05) is 12.1 Å². The van der Waals surface area contributed by atoms with Gasteiger partial charge in [0.1, 0.15) is 0 Å². The van der Waals surface area contributed by atoms with Gasteiger partial charge >= 0.3 is 0 Å². The molecule has 0 atom stereocenters. The maximum atomic E-state index is 12.7. The van der Waals surface area contributed by atoms with Gasteiger partial charge in [0.2, 0.25) is 0 Å². The van der Waals surface area contributed by atoms with Gasteiger partial charge in [-0.05, 0) is 37.7 Å². The van der Waals surface area contributed by atoms with Crippen LogP contribution in [-0.2, 0) is 6.54 Å². The van der Waals surface area contributed by atoms with E-state index in [-0.39, 0.29) is 5.91 Å². The molecule has 2 fully saturated rings. The molecule has 0 radical (unpaired) electrons. The van der Waals surface area contributed by atoms with Gasteiger partial charge in [0.05, 0.1) is 0 Å². The average Bonchev–Trinajstić information content (AvgIpc) is 2.86. The Bertz CT molecular complexity index is 518. The van der Waals surface area contributed by atoms with Crippen LogP contribution < -0.4 is 5.32 Å². The fourth-order valence-corrected chi connectivity index (χ4v) is 3.30. The third-order valence-electron chi connectivity index (χ3n) is 4.80. The molecule has 3 rings (SSSR count). The molecule has 2 saturated heterocycles. The van der Waals surface area contributed by atoms with Gasteiger partial charge in [-0.3, -0.25) is 9.69 Å². The summed E-state index contributed by atoms with van der Waals surface area (Å²) in [6.45, 7) is 8.96. The summed E-state index contributed by atoms with van der Waals surface area (Å²) in [5.74, 6) is 0.175. The van der Waals surface area contributed by atoms with Crippen molar-refractivity contribution in [2.24, 2.45) is 0 Å². The molecule has 5 nitrogen and oxygen atoms in total. The van der Waals surface area contributed by atoms with E-state index in [1.54, 1.807) is 0 Å². The number of amides is 1. The standard InChI is InChI=1S/C18H28N4O/c1-20-10-12-21(13-11-20)15-16-4-2-5-17(14-16)18(23)22-8-3-6-19-7-9-22/h2,4-5,14,19H,3,6-13,15H2,1H3. The Morgan fingerprint density at radius 1 is 1.09 bits per heavy atom. The number of nitrogens with zero attached hydrogens (tertiary/aromatic N) is 3. The van der Waals surface area contributed by atoms with Gasteiger partial charge in [-0.2, -0.15) is 0 Å². The zero-order valence-electron chi connectivity index (χ0n) is 14.1. The Morgan fingerprint density at radius 2 is 1.91 bits per heavy atom. The van der Waals surface area contributed by atoms with Gasteiger partial charge in [-0.15, -0.1) is 0 Å². The smallest absolute Gasteiger partial charge is 0.253 e. The van der Waals surface area contributed by atoms with Crippen LogP contribution in [0.4, 0.5) is 0 Å². The lowest BCUT2D eigenvalue weighted by molar-refractivity contribution is 0.0766. The summed E-state index contributed by atoms with van der Waals surface area (Å²) in [5, 5.41) is 3.35. The van der Waals surface area contributed by atoms with Crippen LogP contribution in [0, 0.1) is 0 Å². The largest absolute Gasteiger partial charge is 0.337 e. The van der Waals surface area contributed by atoms with Crippen LogP contribution in [0.3, 0.4) is 0 Å². The minimum absolute atomic E-state index is 0.175. The predicted molar refractivity (Wildman–Crippen MR) is 92.6 cm³/mol. The van der Waals surface area contributed by atoms with E-state index < -0.39 is 0 Å². The third kappa shape index (κ3) is 4.53. The van der Waals surface area contributed by atoms with Crippen molar-refractivity contribution in [2.45, 2.75) is 13.0 Å². The van der Waals surface area contributed by atoms with Gasteiger partial charge in [0.15, 0.2) is 0 Å². The van der Waals surface area contributed by atoms with Crippen LogP contribution in [0.15, 0.2) is 24.3 Å². The van der Waals surface area contributed by atoms with E-state index in [0.717, 1.165) is 70.9 Å². The Kier molecular flexibility index (Phi) is 5.65. The SMILES string of the molecule is CN1CCN(Cc2cccc(C(=O)N3CCCNCC3)c2)CC1. The Hall–Kier alpha value is -1.43. The number of likely N-dealkylation sites (N-methyl/N-ethyl adjacent to an activating group) is 1. The molecule has 0 unspecified atom stereocenters. The molecule has 5 heteroatoms. The van der Waals surface area contributed by atoms with Crippen LogP contribution in [0.2, 0.25) is 0 Å². The zero-order valence-corrected chi connectivity index (χ0v) is 14.1. The average molecular weight is 316 g/mol. The van der Waals surface area contributed by atoms with E-state index in [9.17, 15) is 4.79 Å². The fourth-order valence-electron chi connectivity index (χ4n) is 3.30. The molecular weight excluding hydrogens is 288 g/mol. The topological polar surface area (TPSA) is 38.8 Å². The van der Waals surface area contributed by atoms with Crippen LogP contribution >= 0.6 is 0 Å². The van der Waals surface area contributed by atoms with Crippen molar-refractivity contribution in [3.05, 3.63) is 35.4 Å². The summed E-state index contributed by atoms with van der Waals surface area (Å²) >= 11 is 0. The van der Waals surface area contributed by atoms with Crippen molar-refractivity contribution < 1.29 is 4.79 Å². The quantitative estimate of drug-likeness (QED) is 0.898. The molecule has 0 aromatic heterocycles. The molecule has 2 heterocycles. The summed E-state index contributed by atoms with van der Waals surface area (Å²) in [7, 11) is 2.17. The molecule has 0 bridgehead atoms. The summed E-state index contributed by atoms with van der Waals surface area (Å²) < 4.78 is 0. The molecule has 1 aromatic carbocycles. The van der Waals surface area contributed by atoms with E-state index in [0.29, 0.717) is 0 Å². The number of rotatable bonds is 3. The summed E-state index contributed by atoms with van der Waals surface area (Å²) in [6, 6.07) is 8.20. The summed E-state index contributed by atoms with van der Waals surface area (Å²) in [6.07, 6.45) is 1.03. The lowest BCUT2D eigenvalue weighted by atomic mass is 10.1. The third-order valence-corrected chi connectivity index (χ3v) is 4.80. The molecule has 0 saturated carbocycles. The maximum Gasteiger partial charge on any atom is 0.253 e. The van der Waals surface area contributed by atoms with Gasteiger partial charge in [-0.25, -0.2) is 0 Å². The summed E-state index contributed by atoms with van der Waals surface area (Å²) in [5.41, 5.74) is 2.08. The highest BCUT2D eigenvalue weighted by Gasteiger charge is 2.18. The Morgan fingerprint density at radius 3 is 2.74 bits per heavy atom. The van der Waals surface area contributed by atoms with Crippen molar-refractivity contribution >= 4 is 5.91 Å². The molecular formula is C18H28N4O. The van der Waals surface area contributed by atoms with Crippen molar-refractivity contribution in [1.82, 2.24) is 20.0 Å². The molecule has 1 amide bonds. The van der Waals surface area contributed by atoms with Crippen LogP contribution in [0.25, 0.3) is 0 Å². The van der Waals surface area contributed by atoms with E-state index in [2.05, 4.69) is 34.3 Å². The maximum absolute atomic E-state index is 12.7. The van der Waals surface area contributed by atoms with Gasteiger partial charge in [0, 0.05) is 57.9 Å². The molecule has 126 valence electrons. The molecule has 1 N–H and O–H groups in total. The first kappa shape index (κ1) is 16.4. The number of piperazine rings is 1. The lowest BCUT2D eigenvalue weighted by Gasteiger charge is -2.32. The monoisotopic (exact) mass is 316 g/mol. The second-order valence-corrected chi connectivity index (χ2v) is 6.68. The first-order chi connectivity index (χ1) is 11.2. The number of carbonyl (C=O) groups excluding carboxylic acids is 1. The van der Waals surface area contributed by atoms with Crippen molar-refractivity contribution in [3.63, 3.8) is 0 Å². The van der Waals surface area contributed by atoms with E-state index in [1.165, 1.54) is 5.56 Å². The minimum atomic E-state index is 0.175. The Balaban J connectivity index is 1.63. The first-order valence-corrected chi connectivity index (χ1v) is 8.72. The second-order valence-electron chi connectivity index (χ2n) is 6.68. The van der Waals surface area contributed by atoms with Crippen molar-refractivity contribution in [2.75, 3.05) is 59.4 Å². The second kappa shape index (κ2) is 7.90. The van der Waals surface area contributed by atoms with E-state index in [4.69, 9.17) is 0 Å². The number of hydrogen-bond donors (Lipinski definition) is 1. The van der Waals surface area contributed by atoms with Gasteiger partial charge < -0.3 is 15.1 Å². The number of nitrogens with one attached hydrogen (secondary N) is 1. The van der Waals surface area contributed by atoms with Crippen LogP contribution in [0.5, 0.6) is 0 Å². The van der Waals surface area contributed by atoms with E-state index >= 15 is 0 Å². The fraction of sp³-hybridized carbons (Fsp3) is 0.611. The van der Waals surface area contributed by atoms with Crippen LogP contribution in [-0.4, -0.2) is 80.0 Å². The minimum Gasteiger partial charge on any atom is -0.337 e. The molecule has 23 heavy (non-hydrogen) atoms. The molecule has 0 aliphatic carbocycles. The van der Waals surface area contributed by atoms with Crippen molar-refractivity contribution in [1.29, 1.82) is 0 Å². The lowest BCUT2D eigenvalue weighted by Crippen LogP contribution is -2.43. The highest BCUT2D eigenvalue weighted by molar-refractivity contribution is 5.94. The van der Waals surface area contributed by atoms with Crippen LogP contribution in [0.1, 0.15) is 22.3 Å². The summed E-state index contributed by atoms with van der Waals surface area (Å²) in [4.78, 5) is 19.5. The molecule has 1 aromatic rings. The molecule has 0 spiro atoms. The van der Waals surface area contributed by atoms with Gasteiger partial charge in [0.25, 0.3) is 5.91 Å². The Labute approximate surface area is 139 Å². The van der Waals surface area contributed by atoms with Crippen molar-refractivity contribution in [3.8, 4) is 0 Å². The number of hydrogen-bond acceptors (Lipinski definition) is 4.